The van der Waals surface area contributed by atoms with Crippen LogP contribution in [0, 0.1) is 20.8 Å². The Labute approximate surface area is 117 Å². The van der Waals surface area contributed by atoms with E-state index in [2.05, 4.69) is 15.3 Å². The molecule has 0 spiro atoms. The summed E-state index contributed by atoms with van der Waals surface area (Å²) >= 11 is 0. The molecule has 0 atom stereocenters. The van der Waals surface area contributed by atoms with Gasteiger partial charge in [0.1, 0.15) is 11.6 Å². The molecule has 0 saturated heterocycles. The number of aryl methyl sites for hydroxylation is 2. The van der Waals surface area contributed by atoms with Gasteiger partial charge in [0.2, 0.25) is 0 Å². The Morgan fingerprint density at radius 2 is 1.80 bits per heavy atom. The van der Waals surface area contributed by atoms with E-state index in [1.807, 2.05) is 20.8 Å². The molecule has 0 bridgehead atoms. The first-order chi connectivity index (χ1) is 9.47. The molecular weight excluding hydrogens is 254 g/mol. The van der Waals surface area contributed by atoms with Crippen LogP contribution < -0.4 is 5.32 Å². The average Bonchev–Trinajstić information content (AvgIpc) is 2.41. The van der Waals surface area contributed by atoms with Gasteiger partial charge in [-0.2, -0.15) is 0 Å². The van der Waals surface area contributed by atoms with Crippen LogP contribution in [-0.2, 0) is 6.54 Å². The van der Waals surface area contributed by atoms with Gasteiger partial charge in [-0.3, -0.25) is 0 Å². The van der Waals surface area contributed by atoms with Gasteiger partial charge in [-0.25, -0.2) is 14.8 Å². The molecule has 0 amide bonds. The summed E-state index contributed by atoms with van der Waals surface area (Å²) in [6.45, 7) is 6.39. The summed E-state index contributed by atoms with van der Waals surface area (Å²) in [5.74, 6) is 0.636. The van der Waals surface area contributed by atoms with Gasteiger partial charge in [0, 0.05) is 17.8 Å². The summed E-state index contributed by atoms with van der Waals surface area (Å²) < 4.78 is 0. The second-order valence-corrected chi connectivity index (χ2v) is 4.69. The summed E-state index contributed by atoms with van der Waals surface area (Å²) in [6.07, 6.45) is 0. The number of hydrogen-bond acceptors (Lipinski definition) is 4. The predicted molar refractivity (Wildman–Crippen MR) is 77.0 cm³/mol. The lowest BCUT2D eigenvalue weighted by Crippen LogP contribution is -2.07. The van der Waals surface area contributed by atoms with Crippen LogP contribution in [0.25, 0.3) is 0 Å². The van der Waals surface area contributed by atoms with Gasteiger partial charge in [-0.05, 0) is 38.5 Å². The van der Waals surface area contributed by atoms with Crippen molar-refractivity contribution in [2.75, 3.05) is 5.32 Å². The number of anilines is 1. The first-order valence-electron chi connectivity index (χ1n) is 6.35. The molecule has 2 aromatic rings. The first kappa shape index (κ1) is 14.0. The van der Waals surface area contributed by atoms with Crippen molar-refractivity contribution < 1.29 is 9.90 Å². The molecule has 20 heavy (non-hydrogen) atoms. The highest BCUT2D eigenvalue weighted by atomic mass is 16.4. The molecule has 0 unspecified atom stereocenters. The second-order valence-electron chi connectivity index (χ2n) is 4.69. The fourth-order valence-electron chi connectivity index (χ4n) is 1.89. The topological polar surface area (TPSA) is 75.1 Å². The zero-order chi connectivity index (χ0) is 14.7. The Balaban J connectivity index is 2.11. The molecule has 0 fully saturated rings. The highest BCUT2D eigenvalue weighted by molar-refractivity contribution is 5.87. The Morgan fingerprint density at radius 3 is 2.40 bits per heavy atom. The molecule has 2 N–H and O–H groups in total. The van der Waals surface area contributed by atoms with Gasteiger partial charge in [0.25, 0.3) is 0 Å². The van der Waals surface area contributed by atoms with Crippen molar-refractivity contribution in [1.29, 1.82) is 0 Å². The number of aromatic carboxylic acids is 1. The smallest absolute Gasteiger partial charge is 0.335 e. The SMILES string of the molecule is Cc1nc(C)c(C)c(NCc2ccc(C(=O)O)cc2)n1. The Kier molecular flexibility index (Phi) is 3.98. The van der Waals surface area contributed by atoms with E-state index in [9.17, 15) is 4.79 Å². The van der Waals surface area contributed by atoms with Crippen LogP contribution in [0.2, 0.25) is 0 Å². The van der Waals surface area contributed by atoms with Crippen LogP contribution in [0.3, 0.4) is 0 Å². The maximum Gasteiger partial charge on any atom is 0.335 e. The van der Waals surface area contributed by atoms with E-state index in [4.69, 9.17) is 5.11 Å². The van der Waals surface area contributed by atoms with Crippen molar-refractivity contribution in [1.82, 2.24) is 9.97 Å². The summed E-state index contributed by atoms with van der Waals surface area (Å²) in [5.41, 5.74) is 3.28. The van der Waals surface area contributed by atoms with Crippen LogP contribution in [0.5, 0.6) is 0 Å². The predicted octanol–water partition coefficient (Wildman–Crippen LogP) is 2.71. The monoisotopic (exact) mass is 271 g/mol. The zero-order valence-electron chi connectivity index (χ0n) is 11.8. The number of benzene rings is 1. The van der Waals surface area contributed by atoms with Crippen LogP contribution >= 0.6 is 0 Å². The fourth-order valence-corrected chi connectivity index (χ4v) is 1.89. The molecule has 0 aliphatic rings. The fraction of sp³-hybridized carbons (Fsp3) is 0.267. The number of rotatable bonds is 4. The minimum Gasteiger partial charge on any atom is -0.478 e. The van der Waals surface area contributed by atoms with Crippen LogP contribution in [-0.4, -0.2) is 21.0 Å². The van der Waals surface area contributed by atoms with E-state index in [-0.39, 0.29) is 0 Å². The lowest BCUT2D eigenvalue weighted by molar-refractivity contribution is 0.0697. The van der Waals surface area contributed by atoms with Gasteiger partial charge in [0.15, 0.2) is 0 Å². The van der Waals surface area contributed by atoms with Crippen molar-refractivity contribution in [3.63, 3.8) is 0 Å². The molecule has 0 radical (unpaired) electrons. The van der Waals surface area contributed by atoms with Gasteiger partial charge < -0.3 is 10.4 Å². The van der Waals surface area contributed by atoms with Crippen molar-refractivity contribution in [3.8, 4) is 0 Å². The van der Waals surface area contributed by atoms with Crippen LogP contribution in [0.1, 0.15) is 33.0 Å². The quantitative estimate of drug-likeness (QED) is 0.894. The Bertz CT molecular complexity index is 636. The largest absolute Gasteiger partial charge is 0.478 e. The van der Waals surface area contributed by atoms with Crippen molar-refractivity contribution in [2.24, 2.45) is 0 Å². The number of nitrogens with zero attached hydrogens (tertiary/aromatic N) is 2. The Morgan fingerprint density at radius 1 is 1.15 bits per heavy atom. The molecule has 1 aromatic heterocycles. The number of nitrogens with one attached hydrogen (secondary N) is 1. The lowest BCUT2D eigenvalue weighted by atomic mass is 10.1. The maximum absolute atomic E-state index is 10.8. The standard InChI is InChI=1S/C15H17N3O2/c1-9-10(2)17-11(3)18-14(9)16-8-12-4-6-13(7-5-12)15(19)20/h4-7H,8H2,1-3H3,(H,19,20)(H,16,17,18). The summed E-state index contributed by atoms with van der Waals surface area (Å²) in [6, 6.07) is 6.80. The molecule has 5 nitrogen and oxygen atoms in total. The number of aromatic nitrogens is 2. The van der Waals surface area contributed by atoms with E-state index >= 15 is 0 Å². The van der Waals surface area contributed by atoms with E-state index in [0.717, 1.165) is 28.5 Å². The molecule has 1 aromatic carbocycles. The van der Waals surface area contributed by atoms with E-state index in [1.54, 1.807) is 24.3 Å². The van der Waals surface area contributed by atoms with E-state index < -0.39 is 5.97 Å². The molecule has 1 heterocycles. The van der Waals surface area contributed by atoms with Gasteiger partial charge in [0.05, 0.1) is 5.56 Å². The summed E-state index contributed by atoms with van der Waals surface area (Å²) in [7, 11) is 0. The molecule has 0 aliphatic carbocycles. The highest BCUT2D eigenvalue weighted by Gasteiger charge is 2.06. The van der Waals surface area contributed by atoms with Gasteiger partial charge in [-0.1, -0.05) is 12.1 Å². The van der Waals surface area contributed by atoms with E-state index in [0.29, 0.717) is 12.1 Å². The van der Waals surface area contributed by atoms with Crippen LogP contribution in [0.15, 0.2) is 24.3 Å². The van der Waals surface area contributed by atoms with E-state index in [1.165, 1.54) is 0 Å². The first-order valence-corrected chi connectivity index (χ1v) is 6.35. The maximum atomic E-state index is 10.8. The third-order valence-corrected chi connectivity index (χ3v) is 3.16. The molecule has 2 rings (SSSR count). The molecule has 5 heteroatoms. The molecule has 0 saturated carbocycles. The third-order valence-electron chi connectivity index (χ3n) is 3.16. The number of carboxylic acid groups (broad SMARTS) is 1. The molecular formula is C15H17N3O2. The third kappa shape index (κ3) is 3.12. The van der Waals surface area contributed by atoms with Crippen LogP contribution in [0.4, 0.5) is 5.82 Å². The number of carbonyl (C=O) groups is 1. The summed E-state index contributed by atoms with van der Waals surface area (Å²) in [4.78, 5) is 19.5. The minimum atomic E-state index is -0.914. The molecule has 0 aliphatic heterocycles. The van der Waals surface area contributed by atoms with Crippen molar-refractivity contribution in [3.05, 3.63) is 52.5 Å². The van der Waals surface area contributed by atoms with Gasteiger partial charge >= 0.3 is 5.97 Å². The lowest BCUT2D eigenvalue weighted by Gasteiger charge is -2.11. The second kappa shape index (κ2) is 5.69. The molecule has 104 valence electrons. The normalized spacial score (nSPS) is 10.3. The van der Waals surface area contributed by atoms with Crippen molar-refractivity contribution >= 4 is 11.8 Å². The average molecular weight is 271 g/mol. The highest BCUT2D eigenvalue weighted by Crippen LogP contribution is 2.15. The van der Waals surface area contributed by atoms with Crippen molar-refractivity contribution in [2.45, 2.75) is 27.3 Å². The number of carboxylic acids is 1. The Hall–Kier alpha value is -2.43. The number of hydrogen-bond donors (Lipinski definition) is 2. The van der Waals surface area contributed by atoms with Gasteiger partial charge in [-0.15, -0.1) is 0 Å². The summed E-state index contributed by atoms with van der Waals surface area (Å²) in [5, 5.41) is 12.1. The minimum absolute atomic E-state index is 0.290. The zero-order valence-corrected chi connectivity index (χ0v) is 11.8.